The Morgan fingerprint density at radius 2 is 2.16 bits per heavy atom. The minimum atomic E-state index is 0.242. The van der Waals surface area contributed by atoms with E-state index in [1.54, 1.807) is 0 Å². The number of nitrogens with zero attached hydrogens (tertiary/aromatic N) is 3. The molecule has 0 aromatic carbocycles. The fraction of sp³-hybridized carbons (Fsp3) is 0.467. The van der Waals surface area contributed by atoms with Crippen molar-refractivity contribution in [3.05, 3.63) is 47.5 Å². The molecule has 4 heteroatoms. The van der Waals surface area contributed by atoms with Crippen molar-refractivity contribution < 1.29 is 0 Å². The molecule has 1 N–H and O–H groups in total. The third kappa shape index (κ3) is 3.41. The third-order valence-electron chi connectivity index (χ3n) is 3.30. The summed E-state index contributed by atoms with van der Waals surface area (Å²) in [7, 11) is 2.01. The van der Waals surface area contributed by atoms with Gasteiger partial charge in [0.25, 0.3) is 0 Å². The quantitative estimate of drug-likeness (QED) is 0.864. The molecule has 2 aromatic rings. The van der Waals surface area contributed by atoms with E-state index in [0.717, 1.165) is 30.8 Å². The van der Waals surface area contributed by atoms with Crippen LogP contribution in [0.15, 0.2) is 30.5 Å². The summed E-state index contributed by atoms with van der Waals surface area (Å²) in [4.78, 5) is 4.46. The van der Waals surface area contributed by atoms with Gasteiger partial charge in [0.2, 0.25) is 0 Å². The van der Waals surface area contributed by atoms with Crippen molar-refractivity contribution >= 4 is 0 Å². The van der Waals surface area contributed by atoms with Gasteiger partial charge in [-0.2, -0.15) is 5.10 Å². The average molecular weight is 258 g/mol. The summed E-state index contributed by atoms with van der Waals surface area (Å²) < 4.78 is 1.98. The first kappa shape index (κ1) is 13.7. The second-order valence-corrected chi connectivity index (χ2v) is 4.67. The summed E-state index contributed by atoms with van der Waals surface area (Å²) >= 11 is 0. The van der Waals surface area contributed by atoms with E-state index in [1.807, 2.05) is 30.1 Å². The van der Waals surface area contributed by atoms with Crippen molar-refractivity contribution in [3.63, 3.8) is 0 Å². The Labute approximate surface area is 114 Å². The van der Waals surface area contributed by atoms with Gasteiger partial charge in [0, 0.05) is 25.4 Å². The maximum absolute atomic E-state index is 4.50. The van der Waals surface area contributed by atoms with Gasteiger partial charge in [-0.1, -0.05) is 19.9 Å². The molecule has 0 aliphatic carbocycles. The Bertz CT molecular complexity index is 504. The molecule has 4 nitrogen and oxygen atoms in total. The second-order valence-electron chi connectivity index (χ2n) is 4.67. The van der Waals surface area contributed by atoms with Gasteiger partial charge in [0.05, 0.1) is 17.4 Å². The number of hydrogen-bond donors (Lipinski definition) is 1. The normalized spacial score (nSPS) is 12.6. The van der Waals surface area contributed by atoms with Crippen molar-refractivity contribution in [2.24, 2.45) is 7.05 Å². The molecule has 0 bridgehead atoms. The maximum atomic E-state index is 4.50. The van der Waals surface area contributed by atoms with E-state index in [0.29, 0.717) is 0 Å². The molecule has 2 rings (SSSR count). The van der Waals surface area contributed by atoms with Gasteiger partial charge in [-0.3, -0.25) is 9.67 Å². The van der Waals surface area contributed by atoms with Crippen molar-refractivity contribution in [2.75, 3.05) is 6.54 Å². The molecule has 2 heterocycles. The first-order chi connectivity index (χ1) is 9.24. The standard InChI is InChI=1S/C15H22N4/c1-4-12-10-13(19(3)18-12)11-15(16-5-2)14-8-6-7-9-17-14/h6-10,15-16H,4-5,11H2,1-3H3. The van der Waals surface area contributed by atoms with Gasteiger partial charge >= 0.3 is 0 Å². The minimum absolute atomic E-state index is 0.242. The second kappa shape index (κ2) is 6.48. The molecular weight excluding hydrogens is 236 g/mol. The predicted molar refractivity (Wildman–Crippen MR) is 76.9 cm³/mol. The molecule has 0 aliphatic heterocycles. The molecule has 0 fully saturated rings. The number of pyridine rings is 1. The highest BCUT2D eigenvalue weighted by molar-refractivity contribution is 5.16. The van der Waals surface area contributed by atoms with E-state index in [1.165, 1.54) is 5.69 Å². The van der Waals surface area contributed by atoms with Gasteiger partial charge < -0.3 is 5.32 Å². The Balaban J connectivity index is 2.18. The summed E-state index contributed by atoms with van der Waals surface area (Å²) in [5, 5.41) is 8.00. The van der Waals surface area contributed by atoms with Crippen LogP contribution in [0.4, 0.5) is 0 Å². The smallest absolute Gasteiger partial charge is 0.0624 e. The average Bonchev–Trinajstić information content (AvgIpc) is 2.80. The summed E-state index contributed by atoms with van der Waals surface area (Å²) in [6.07, 6.45) is 3.73. The lowest BCUT2D eigenvalue weighted by Crippen LogP contribution is -2.24. The number of rotatable bonds is 6. The molecule has 0 radical (unpaired) electrons. The molecule has 0 amide bonds. The predicted octanol–water partition coefficient (Wildman–Crippen LogP) is 2.27. The lowest BCUT2D eigenvalue weighted by molar-refractivity contribution is 0.517. The number of aryl methyl sites for hydroxylation is 2. The van der Waals surface area contributed by atoms with Crippen molar-refractivity contribution in [1.29, 1.82) is 0 Å². The molecule has 102 valence electrons. The fourth-order valence-corrected chi connectivity index (χ4v) is 2.25. The summed E-state index contributed by atoms with van der Waals surface area (Å²) in [5.74, 6) is 0. The summed E-state index contributed by atoms with van der Waals surface area (Å²) in [6.45, 7) is 5.18. The van der Waals surface area contributed by atoms with Crippen molar-refractivity contribution in [2.45, 2.75) is 32.7 Å². The van der Waals surface area contributed by atoms with Gasteiger partial charge in [-0.15, -0.1) is 0 Å². The van der Waals surface area contributed by atoms with E-state index in [9.17, 15) is 0 Å². The highest BCUT2D eigenvalue weighted by atomic mass is 15.3. The van der Waals surface area contributed by atoms with Gasteiger partial charge in [0.15, 0.2) is 0 Å². The highest BCUT2D eigenvalue weighted by Crippen LogP contribution is 2.17. The zero-order valence-corrected chi connectivity index (χ0v) is 11.9. The van der Waals surface area contributed by atoms with E-state index in [2.05, 4.69) is 41.4 Å². The lowest BCUT2D eigenvalue weighted by Gasteiger charge is -2.17. The van der Waals surface area contributed by atoms with Crippen LogP contribution in [-0.4, -0.2) is 21.3 Å². The molecule has 0 spiro atoms. The van der Waals surface area contributed by atoms with Crippen LogP contribution in [0.25, 0.3) is 0 Å². The highest BCUT2D eigenvalue weighted by Gasteiger charge is 2.15. The summed E-state index contributed by atoms with van der Waals surface area (Å²) in [5.41, 5.74) is 3.48. The van der Waals surface area contributed by atoms with Crippen LogP contribution in [0.5, 0.6) is 0 Å². The molecule has 19 heavy (non-hydrogen) atoms. The molecule has 2 aromatic heterocycles. The van der Waals surface area contributed by atoms with E-state index in [-0.39, 0.29) is 6.04 Å². The van der Waals surface area contributed by atoms with Crippen LogP contribution < -0.4 is 5.32 Å². The third-order valence-corrected chi connectivity index (χ3v) is 3.30. The molecule has 1 atom stereocenters. The lowest BCUT2D eigenvalue weighted by atomic mass is 10.1. The van der Waals surface area contributed by atoms with Gasteiger partial charge in [0.1, 0.15) is 0 Å². The van der Waals surface area contributed by atoms with Gasteiger partial charge in [-0.25, -0.2) is 0 Å². The van der Waals surface area contributed by atoms with Crippen LogP contribution in [0, 0.1) is 0 Å². The molecule has 0 saturated carbocycles. The Morgan fingerprint density at radius 1 is 1.32 bits per heavy atom. The van der Waals surface area contributed by atoms with Crippen molar-refractivity contribution in [3.8, 4) is 0 Å². The monoisotopic (exact) mass is 258 g/mol. The van der Waals surface area contributed by atoms with Crippen LogP contribution >= 0.6 is 0 Å². The number of likely N-dealkylation sites (N-methyl/N-ethyl adjacent to an activating group) is 1. The van der Waals surface area contributed by atoms with E-state index in [4.69, 9.17) is 0 Å². The molecule has 0 aliphatic rings. The first-order valence-electron chi connectivity index (χ1n) is 6.90. The van der Waals surface area contributed by atoms with Crippen LogP contribution in [-0.2, 0) is 19.9 Å². The van der Waals surface area contributed by atoms with Crippen LogP contribution in [0.1, 0.15) is 37.0 Å². The summed E-state index contributed by atoms with van der Waals surface area (Å²) in [6, 6.07) is 8.49. The Hall–Kier alpha value is -1.68. The SMILES string of the molecule is CCNC(Cc1cc(CC)nn1C)c1ccccn1. The topological polar surface area (TPSA) is 42.7 Å². The maximum Gasteiger partial charge on any atom is 0.0624 e. The Morgan fingerprint density at radius 3 is 2.74 bits per heavy atom. The first-order valence-corrected chi connectivity index (χ1v) is 6.90. The molecular formula is C15H22N4. The minimum Gasteiger partial charge on any atom is -0.309 e. The van der Waals surface area contributed by atoms with Gasteiger partial charge in [-0.05, 0) is 31.2 Å². The number of nitrogens with one attached hydrogen (secondary N) is 1. The van der Waals surface area contributed by atoms with Crippen LogP contribution in [0.3, 0.4) is 0 Å². The largest absolute Gasteiger partial charge is 0.309 e. The van der Waals surface area contributed by atoms with E-state index < -0.39 is 0 Å². The molecule has 1 unspecified atom stereocenters. The number of aromatic nitrogens is 3. The fourth-order valence-electron chi connectivity index (χ4n) is 2.25. The van der Waals surface area contributed by atoms with Crippen molar-refractivity contribution in [1.82, 2.24) is 20.1 Å². The zero-order chi connectivity index (χ0) is 13.7. The van der Waals surface area contributed by atoms with E-state index >= 15 is 0 Å². The number of hydrogen-bond acceptors (Lipinski definition) is 3. The zero-order valence-electron chi connectivity index (χ0n) is 11.9. The van der Waals surface area contributed by atoms with Crippen LogP contribution in [0.2, 0.25) is 0 Å². The Kier molecular flexibility index (Phi) is 4.68. The molecule has 0 saturated heterocycles.